The number of urea groups is 1. The number of carbonyl (C=O) groups is 2. The number of anilines is 1. The van der Waals surface area contributed by atoms with Crippen molar-refractivity contribution in [2.24, 2.45) is 0 Å². The van der Waals surface area contributed by atoms with E-state index in [1.807, 2.05) is 0 Å². The minimum absolute atomic E-state index is 0.165. The standard InChI is InChI=1S/C16H13ClFN3O4S/c1-16(14(22)19-15(23)20-16)9-3-2-4-10(7-9)21-26(24,25)11-5-6-13(18)12(17)8-11/h2-8,21H,1H3,(H2,19,20,22,23). The van der Waals surface area contributed by atoms with Crippen LogP contribution >= 0.6 is 11.6 Å². The van der Waals surface area contributed by atoms with E-state index in [2.05, 4.69) is 15.4 Å². The Kier molecular flexibility index (Phi) is 4.37. The van der Waals surface area contributed by atoms with Gasteiger partial charge in [0, 0.05) is 5.69 Å². The van der Waals surface area contributed by atoms with Crippen molar-refractivity contribution in [3.63, 3.8) is 0 Å². The van der Waals surface area contributed by atoms with Gasteiger partial charge in [-0.3, -0.25) is 14.8 Å². The van der Waals surface area contributed by atoms with E-state index in [9.17, 15) is 22.4 Å². The molecule has 2 aromatic carbocycles. The van der Waals surface area contributed by atoms with Crippen LogP contribution in [0, 0.1) is 5.82 Å². The Morgan fingerprint density at radius 2 is 1.88 bits per heavy atom. The smallest absolute Gasteiger partial charge is 0.320 e. The van der Waals surface area contributed by atoms with E-state index in [1.54, 1.807) is 6.07 Å². The van der Waals surface area contributed by atoms with Gasteiger partial charge in [-0.2, -0.15) is 0 Å². The van der Waals surface area contributed by atoms with Crippen LogP contribution in [0.4, 0.5) is 14.9 Å². The molecule has 7 nitrogen and oxygen atoms in total. The third-order valence-corrected chi connectivity index (χ3v) is 5.61. The molecule has 3 N–H and O–H groups in total. The highest BCUT2D eigenvalue weighted by Gasteiger charge is 2.43. The zero-order valence-corrected chi connectivity index (χ0v) is 14.9. The topological polar surface area (TPSA) is 104 Å². The molecule has 10 heteroatoms. The predicted molar refractivity (Wildman–Crippen MR) is 92.7 cm³/mol. The minimum Gasteiger partial charge on any atom is -0.320 e. The molecule has 0 spiro atoms. The summed E-state index contributed by atoms with van der Waals surface area (Å²) in [4.78, 5) is 23.2. The van der Waals surface area contributed by atoms with Crippen molar-refractivity contribution in [3.8, 4) is 0 Å². The monoisotopic (exact) mass is 397 g/mol. The number of hydrogen-bond acceptors (Lipinski definition) is 4. The van der Waals surface area contributed by atoms with E-state index < -0.39 is 33.3 Å². The molecule has 1 aliphatic heterocycles. The third kappa shape index (κ3) is 3.23. The molecule has 1 aliphatic rings. The first-order valence-corrected chi connectivity index (χ1v) is 9.20. The largest absolute Gasteiger partial charge is 0.322 e. The van der Waals surface area contributed by atoms with Crippen molar-refractivity contribution in [2.45, 2.75) is 17.4 Å². The van der Waals surface area contributed by atoms with Crippen LogP contribution < -0.4 is 15.4 Å². The van der Waals surface area contributed by atoms with Crippen LogP contribution in [-0.4, -0.2) is 20.4 Å². The summed E-state index contributed by atoms with van der Waals surface area (Å²) >= 11 is 5.63. The van der Waals surface area contributed by atoms with E-state index in [0.717, 1.165) is 18.2 Å². The van der Waals surface area contributed by atoms with E-state index >= 15 is 0 Å². The van der Waals surface area contributed by atoms with Gasteiger partial charge in [-0.25, -0.2) is 17.6 Å². The van der Waals surface area contributed by atoms with Crippen LogP contribution in [-0.2, 0) is 20.4 Å². The van der Waals surface area contributed by atoms with E-state index in [1.165, 1.54) is 25.1 Å². The number of hydrogen-bond donors (Lipinski definition) is 3. The van der Waals surface area contributed by atoms with Crippen molar-refractivity contribution in [3.05, 3.63) is 58.9 Å². The van der Waals surface area contributed by atoms with Gasteiger partial charge in [0.25, 0.3) is 15.9 Å². The Bertz CT molecular complexity index is 1030. The second-order valence-corrected chi connectivity index (χ2v) is 7.89. The lowest BCUT2D eigenvalue weighted by Gasteiger charge is -2.21. The van der Waals surface area contributed by atoms with Gasteiger partial charge in [0.2, 0.25) is 0 Å². The van der Waals surface area contributed by atoms with Gasteiger partial charge in [0.05, 0.1) is 9.92 Å². The summed E-state index contributed by atoms with van der Waals surface area (Å²) in [6.07, 6.45) is 0. The molecule has 1 heterocycles. The van der Waals surface area contributed by atoms with E-state index in [0.29, 0.717) is 5.56 Å². The number of carbonyl (C=O) groups excluding carboxylic acids is 2. The summed E-state index contributed by atoms with van der Waals surface area (Å²) in [5, 5.41) is 4.31. The predicted octanol–water partition coefficient (Wildman–Crippen LogP) is 2.33. The summed E-state index contributed by atoms with van der Waals surface area (Å²) < 4.78 is 40.5. The third-order valence-electron chi connectivity index (χ3n) is 3.94. The number of nitrogens with one attached hydrogen (secondary N) is 3. The summed E-state index contributed by atoms with van der Waals surface area (Å²) in [6, 6.07) is 8.41. The maximum Gasteiger partial charge on any atom is 0.322 e. The van der Waals surface area contributed by atoms with Crippen LogP contribution in [0.5, 0.6) is 0 Å². The zero-order valence-electron chi connectivity index (χ0n) is 13.3. The van der Waals surface area contributed by atoms with Gasteiger partial charge in [-0.1, -0.05) is 23.7 Å². The molecule has 1 atom stereocenters. The van der Waals surface area contributed by atoms with Gasteiger partial charge < -0.3 is 5.32 Å². The van der Waals surface area contributed by atoms with Crippen molar-refractivity contribution < 1.29 is 22.4 Å². The molecule has 2 aromatic rings. The van der Waals surface area contributed by atoms with Crippen LogP contribution in [0.15, 0.2) is 47.4 Å². The molecule has 0 aromatic heterocycles. The molecule has 3 amide bonds. The Morgan fingerprint density at radius 1 is 1.15 bits per heavy atom. The highest BCUT2D eigenvalue weighted by molar-refractivity contribution is 7.92. The van der Waals surface area contributed by atoms with Crippen molar-refractivity contribution in [2.75, 3.05) is 4.72 Å². The van der Waals surface area contributed by atoms with Crippen LogP contribution in [0.3, 0.4) is 0 Å². The number of sulfonamides is 1. The van der Waals surface area contributed by atoms with Gasteiger partial charge in [-0.15, -0.1) is 0 Å². The highest BCUT2D eigenvalue weighted by Crippen LogP contribution is 2.28. The van der Waals surface area contributed by atoms with Crippen LogP contribution in [0.25, 0.3) is 0 Å². The number of amides is 3. The van der Waals surface area contributed by atoms with Crippen LogP contribution in [0.2, 0.25) is 5.02 Å². The first-order valence-electron chi connectivity index (χ1n) is 7.34. The first-order chi connectivity index (χ1) is 12.1. The Hall–Kier alpha value is -2.65. The second-order valence-electron chi connectivity index (χ2n) is 5.80. The lowest BCUT2D eigenvalue weighted by molar-refractivity contribution is -0.123. The fourth-order valence-corrected chi connectivity index (χ4v) is 3.82. The first kappa shape index (κ1) is 18.2. The van der Waals surface area contributed by atoms with Crippen LogP contribution in [0.1, 0.15) is 12.5 Å². The Morgan fingerprint density at radius 3 is 2.50 bits per heavy atom. The molecule has 1 unspecified atom stereocenters. The zero-order chi connectivity index (χ0) is 19.1. The molecular weight excluding hydrogens is 385 g/mol. The normalized spacial score (nSPS) is 19.8. The Balaban J connectivity index is 1.92. The molecule has 3 rings (SSSR count). The van der Waals surface area contributed by atoms with Crippen molar-refractivity contribution >= 4 is 39.2 Å². The second kappa shape index (κ2) is 6.26. The van der Waals surface area contributed by atoms with E-state index in [-0.39, 0.29) is 15.6 Å². The maximum atomic E-state index is 13.2. The number of benzene rings is 2. The van der Waals surface area contributed by atoms with Gasteiger partial charge in [0.15, 0.2) is 0 Å². The van der Waals surface area contributed by atoms with Crippen molar-refractivity contribution in [1.82, 2.24) is 10.6 Å². The van der Waals surface area contributed by atoms with Gasteiger partial charge in [0.1, 0.15) is 11.4 Å². The molecular formula is C16H13ClFN3O4S. The molecule has 136 valence electrons. The molecule has 1 saturated heterocycles. The Labute approximate surface area is 153 Å². The summed E-state index contributed by atoms with van der Waals surface area (Å²) in [7, 11) is -4.03. The number of halogens is 2. The van der Waals surface area contributed by atoms with Gasteiger partial charge in [-0.05, 0) is 42.8 Å². The maximum absolute atomic E-state index is 13.2. The number of imide groups is 1. The molecule has 0 saturated carbocycles. The summed E-state index contributed by atoms with van der Waals surface area (Å²) in [6.45, 7) is 1.50. The molecule has 0 radical (unpaired) electrons. The fourth-order valence-electron chi connectivity index (χ4n) is 2.50. The lowest BCUT2D eigenvalue weighted by Crippen LogP contribution is -2.40. The van der Waals surface area contributed by atoms with E-state index in [4.69, 9.17) is 11.6 Å². The average molecular weight is 398 g/mol. The SMILES string of the molecule is CC1(c2cccc(NS(=O)(=O)c3ccc(F)c(Cl)c3)c2)NC(=O)NC1=O. The lowest BCUT2D eigenvalue weighted by atomic mass is 9.92. The van der Waals surface area contributed by atoms with Crippen molar-refractivity contribution in [1.29, 1.82) is 0 Å². The highest BCUT2D eigenvalue weighted by atomic mass is 35.5. The average Bonchev–Trinajstić information content (AvgIpc) is 2.83. The molecule has 0 aliphatic carbocycles. The van der Waals surface area contributed by atoms with Gasteiger partial charge >= 0.3 is 6.03 Å². The summed E-state index contributed by atoms with van der Waals surface area (Å²) in [5.41, 5.74) is -0.770. The quantitative estimate of drug-likeness (QED) is 0.688. The summed E-state index contributed by atoms with van der Waals surface area (Å²) in [5.74, 6) is -1.28. The minimum atomic E-state index is -4.03. The number of rotatable bonds is 4. The molecule has 1 fully saturated rings. The molecule has 0 bridgehead atoms. The fraction of sp³-hybridized carbons (Fsp3) is 0.125. The molecule has 26 heavy (non-hydrogen) atoms.